The molecule has 1 aliphatic carbocycles. The molecule has 0 bridgehead atoms. The van der Waals surface area contributed by atoms with Gasteiger partial charge in [0.1, 0.15) is 0 Å². The Morgan fingerprint density at radius 1 is 1.27 bits per heavy atom. The topological polar surface area (TPSA) is 46.2 Å². The average Bonchev–Trinajstić information content (AvgIpc) is 2.61. The zero-order valence-corrected chi connectivity index (χ0v) is 10.2. The number of hydrogen-bond donors (Lipinski definition) is 2. The Labute approximate surface area is 94.2 Å². The summed E-state index contributed by atoms with van der Waals surface area (Å²) >= 11 is 0. The van der Waals surface area contributed by atoms with Crippen molar-refractivity contribution in [2.45, 2.75) is 70.8 Å². The van der Waals surface area contributed by atoms with Gasteiger partial charge in [0.25, 0.3) is 0 Å². The van der Waals surface area contributed by atoms with Crippen molar-refractivity contribution in [1.82, 2.24) is 0 Å². The molecule has 0 aliphatic heterocycles. The maximum absolute atomic E-state index is 9.96. The van der Waals surface area contributed by atoms with Crippen molar-refractivity contribution in [1.29, 1.82) is 0 Å². The van der Waals surface area contributed by atoms with Gasteiger partial charge >= 0.3 is 0 Å². The monoisotopic (exact) mass is 213 g/mol. The Balaban J connectivity index is 2.22. The molecule has 90 valence electrons. The summed E-state index contributed by atoms with van der Waals surface area (Å²) < 4.78 is 0. The van der Waals surface area contributed by atoms with E-state index in [1.54, 1.807) is 0 Å². The molecule has 1 aliphatic rings. The van der Waals surface area contributed by atoms with Gasteiger partial charge in [-0.3, -0.25) is 0 Å². The highest BCUT2D eigenvalue weighted by molar-refractivity contribution is 4.92. The highest BCUT2D eigenvalue weighted by Gasteiger charge is 2.39. The average molecular weight is 213 g/mol. The standard InChI is InChI=1S/C13H27NO/c1-2-3-4-5-6-9-13(11-14)10-7-8-12(13)15/h12,15H,2-11,14H2,1H3. The Hall–Kier alpha value is -0.0800. The second-order valence-electron chi connectivity index (χ2n) is 5.14. The van der Waals surface area contributed by atoms with Gasteiger partial charge in [0.2, 0.25) is 0 Å². The van der Waals surface area contributed by atoms with E-state index in [2.05, 4.69) is 6.92 Å². The molecule has 0 aromatic carbocycles. The van der Waals surface area contributed by atoms with E-state index in [9.17, 15) is 5.11 Å². The zero-order chi connectivity index (χ0) is 11.1. The molecule has 0 amide bonds. The third-order valence-electron chi connectivity index (χ3n) is 4.04. The number of nitrogens with two attached hydrogens (primary N) is 1. The van der Waals surface area contributed by atoms with E-state index in [-0.39, 0.29) is 11.5 Å². The number of aliphatic hydroxyl groups excluding tert-OH is 1. The first-order valence-corrected chi connectivity index (χ1v) is 6.63. The predicted octanol–water partition coefficient (Wildman–Crippen LogP) is 2.84. The van der Waals surface area contributed by atoms with Gasteiger partial charge in [0, 0.05) is 12.0 Å². The lowest BCUT2D eigenvalue weighted by Gasteiger charge is -2.31. The lowest BCUT2D eigenvalue weighted by atomic mass is 9.79. The summed E-state index contributed by atoms with van der Waals surface area (Å²) in [6, 6.07) is 0. The summed E-state index contributed by atoms with van der Waals surface area (Å²) in [7, 11) is 0. The van der Waals surface area contributed by atoms with Crippen molar-refractivity contribution in [3.05, 3.63) is 0 Å². The van der Waals surface area contributed by atoms with Crippen LogP contribution in [0.2, 0.25) is 0 Å². The van der Waals surface area contributed by atoms with Crippen LogP contribution in [0.4, 0.5) is 0 Å². The molecule has 3 N–H and O–H groups in total. The molecule has 0 heterocycles. The molecule has 2 atom stereocenters. The van der Waals surface area contributed by atoms with Crippen molar-refractivity contribution < 1.29 is 5.11 Å². The molecule has 15 heavy (non-hydrogen) atoms. The Morgan fingerprint density at radius 2 is 2.00 bits per heavy atom. The molecule has 1 rings (SSSR count). The molecule has 2 nitrogen and oxygen atoms in total. The van der Waals surface area contributed by atoms with Crippen molar-refractivity contribution in [2.24, 2.45) is 11.1 Å². The summed E-state index contributed by atoms with van der Waals surface area (Å²) in [5.74, 6) is 0. The maximum atomic E-state index is 9.96. The van der Waals surface area contributed by atoms with Crippen LogP contribution in [0.1, 0.15) is 64.7 Å². The first kappa shape index (κ1) is 13.0. The van der Waals surface area contributed by atoms with Gasteiger partial charge in [0.05, 0.1) is 6.10 Å². The van der Waals surface area contributed by atoms with Gasteiger partial charge in [-0.2, -0.15) is 0 Å². The van der Waals surface area contributed by atoms with Crippen molar-refractivity contribution in [3.63, 3.8) is 0 Å². The fourth-order valence-corrected chi connectivity index (χ4v) is 2.83. The first-order chi connectivity index (χ1) is 7.25. The molecule has 0 aromatic heterocycles. The van der Waals surface area contributed by atoms with Gasteiger partial charge in [-0.15, -0.1) is 0 Å². The van der Waals surface area contributed by atoms with E-state index in [4.69, 9.17) is 5.73 Å². The van der Waals surface area contributed by atoms with Crippen LogP contribution in [0.5, 0.6) is 0 Å². The molecule has 0 aromatic rings. The third-order valence-corrected chi connectivity index (χ3v) is 4.04. The second-order valence-corrected chi connectivity index (χ2v) is 5.14. The van der Waals surface area contributed by atoms with Crippen molar-refractivity contribution in [2.75, 3.05) is 6.54 Å². The number of unbranched alkanes of at least 4 members (excludes halogenated alkanes) is 4. The van der Waals surface area contributed by atoms with E-state index in [1.807, 2.05) is 0 Å². The summed E-state index contributed by atoms with van der Waals surface area (Å²) in [6.45, 7) is 2.91. The number of aliphatic hydroxyl groups is 1. The van der Waals surface area contributed by atoms with Crippen LogP contribution < -0.4 is 5.73 Å². The Bertz CT molecular complexity index is 172. The lowest BCUT2D eigenvalue weighted by Crippen LogP contribution is -2.37. The molecule has 0 radical (unpaired) electrons. The van der Waals surface area contributed by atoms with Crippen LogP contribution in [-0.4, -0.2) is 17.8 Å². The van der Waals surface area contributed by atoms with Crippen LogP contribution >= 0.6 is 0 Å². The Kier molecular flexibility index (Phi) is 5.62. The normalized spacial score (nSPS) is 31.0. The summed E-state index contributed by atoms with van der Waals surface area (Å²) in [6.07, 6.45) is 10.8. The van der Waals surface area contributed by atoms with Crippen molar-refractivity contribution >= 4 is 0 Å². The molecular formula is C13H27NO. The SMILES string of the molecule is CCCCCCCC1(CN)CCCC1O. The summed E-state index contributed by atoms with van der Waals surface area (Å²) in [5.41, 5.74) is 5.92. The van der Waals surface area contributed by atoms with Crippen LogP contribution in [0.15, 0.2) is 0 Å². The second kappa shape index (κ2) is 6.49. The largest absolute Gasteiger partial charge is 0.393 e. The minimum atomic E-state index is -0.131. The Morgan fingerprint density at radius 3 is 2.53 bits per heavy atom. The van der Waals surface area contributed by atoms with Gasteiger partial charge in [-0.05, 0) is 19.3 Å². The molecular weight excluding hydrogens is 186 g/mol. The van der Waals surface area contributed by atoms with E-state index >= 15 is 0 Å². The lowest BCUT2D eigenvalue weighted by molar-refractivity contribution is 0.0500. The third kappa shape index (κ3) is 3.46. The van der Waals surface area contributed by atoms with E-state index in [0.29, 0.717) is 6.54 Å². The quantitative estimate of drug-likeness (QED) is 0.639. The minimum Gasteiger partial charge on any atom is -0.393 e. The van der Waals surface area contributed by atoms with Gasteiger partial charge in [0.15, 0.2) is 0 Å². The fourth-order valence-electron chi connectivity index (χ4n) is 2.83. The van der Waals surface area contributed by atoms with Crippen LogP contribution in [-0.2, 0) is 0 Å². The molecule has 1 fully saturated rings. The summed E-state index contributed by atoms with van der Waals surface area (Å²) in [4.78, 5) is 0. The van der Waals surface area contributed by atoms with Gasteiger partial charge in [-0.25, -0.2) is 0 Å². The first-order valence-electron chi connectivity index (χ1n) is 6.63. The van der Waals surface area contributed by atoms with Crippen LogP contribution in [0.25, 0.3) is 0 Å². The van der Waals surface area contributed by atoms with E-state index in [1.165, 1.54) is 32.1 Å². The predicted molar refractivity (Wildman–Crippen MR) is 64.7 cm³/mol. The fraction of sp³-hybridized carbons (Fsp3) is 1.00. The molecule has 2 unspecified atom stereocenters. The molecule has 0 spiro atoms. The van der Waals surface area contributed by atoms with E-state index in [0.717, 1.165) is 25.7 Å². The van der Waals surface area contributed by atoms with Crippen LogP contribution in [0, 0.1) is 5.41 Å². The van der Waals surface area contributed by atoms with E-state index < -0.39 is 0 Å². The van der Waals surface area contributed by atoms with Gasteiger partial charge < -0.3 is 10.8 Å². The van der Waals surface area contributed by atoms with Crippen LogP contribution in [0.3, 0.4) is 0 Å². The zero-order valence-electron chi connectivity index (χ0n) is 10.2. The smallest absolute Gasteiger partial charge is 0.0608 e. The summed E-state index contributed by atoms with van der Waals surface area (Å²) in [5, 5.41) is 9.96. The molecule has 0 saturated heterocycles. The van der Waals surface area contributed by atoms with Gasteiger partial charge in [-0.1, -0.05) is 45.4 Å². The highest BCUT2D eigenvalue weighted by atomic mass is 16.3. The van der Waals surface area contributed by atoms with Crippen molar-refractivity contribution in [3.8, 4) is 0 Å². The number of rotatable bonds is 7. The minimum absolute atomic E-state index is 0.0756. The highest BCUT2D eigenvalue weighted by Crippen LogP contribution is 2.41. The molecule has 2 heteroatoms. The maximum Gasteiger partial charge on any atom is 0.0608 e. The molecule has 1 saturated carbocycles. The number of hydrogen-bond acceptors (Lipinski definition) is 2.